The Morgan fingerprint density at radius 1 is 1.38 bits per heavy atom. The summed E-state index contributed by atoms with van der Waals surface area (Å²) in [7, 11) is 1.41. The van der Waals surface area contributed by atoms with Crippen LogP contribution in [0, 0.1) is 0 Å². The molecule has 16 heavy (non-hydrogen) atoms. The first-order valence-corrected chi connectivity index (χ1v) is 4.57. The van der Waals surface area contributed by atoms with E-state index in [-0.39, 0.29) is 5.56 Å². The predicted molar refractivity (Wildman–Crippen MR) is 57.7 cm³/mol. The fraction of sp³-hybridized carbons (Fsp3) is 0.0909. The molecule has 5 heteroatoms. The van der Waals surface area contributed by atoms with Crippen LogP contribution in [0.5, 0.6) is 0 Å². The summed E-state index contributed by atoms with van der Waals surface area (Å²) < 4.78 is 1.26. The van der Waals surface area contributed by atoms with Gasteiger partial charge in [0.25, 0.3) is 0 Å². The fourth-order valence-corrected chi connectivity index (χ4v) is 1.55. The number of pyridine rings is 1. The molecule has 0 unspecified atom stereocenters. The van der Waals surface area contributed by atoms with E-state index in [0.717, 1.165) is 0 Å². The molecule has 0 atom stereocenters. The second-order valence-corrected chi connectivity index (χ2v) is 3.20. The molecule has 5 nitrogen and oxygen atoms in total. The molecular formula is C11H9NO4. The van der Waals surface area contributed by atoms with E-state index in [9.17, 15) is 9.59 Å². The van der Waals surface area contributed by atoms with Gasteiger partial charge in [-0.25, -0.2) is 4.79 Å². The third-order valence-electron chi connectivity index (χ3n) is 2.30. The lowest BCUT2D eigenvalue weighted by molar-refractivity contribution is 0.0691. The van der Waals surface area contributed by atoms with E-state index in [1.54, 1.807) is 24.3 Å². The van der Waals surface area contributed by atoms with Crippen molar-refractivity contribution in [3.05, 3.63) is 46.2 Å². The number of para-hydroxylation sites is 1. The number of nitrogens with zero attached hydrogens (tertiary/aromatic N) is 1. The van der Waals surface area contributed by atoms with E-state index in [2.05, 4.69) is 0 Å². The van der Waals surface area contributed by atoms with Crippen LogP contribution in [0.4, 0.5) is 0 Å². The molecule has 1 aromatic carbocycles. The maximum Gasteiger partial charge on any atom is 0.341 e. The molecule has 1 N–H and O–H groups in total. The average Bonchev–Trinajstić information content (AvgIpc) is 2.29. The van der Waals surface area contributed by atoms with Crippen LogP contribution < -0.4 is 10.3 Å². The summed E-state index contributed by atoms with van der Waals surface area (Å²) in [5, 5.41) is 9.20. The quantitative estimate of drug-likeness (QED) is 0.809. The summed E-state index contributed by atoms with van der Waals surface area (Å²) in [5.41, 5.74) is -0.267. The standard InChI is InChI=1S/C11H9NO4/c1-16-12-6-8(11(14)15)10(13)7-4-2-3-5-9(7)12/h2-6H,1H3,(H,14,15). The Bertz CT molecular complexity index is 615. The number of carboxylic acid groups (broad SMARTS) is 1. The van der Waals surface area contributed by atoms with Crippen LogP contribution in [0.15, 0.2) is 35.3 Å². The van der Waals surface area contributed by atoms with E-state index < -0.39 is 11.4 Å². The highest BCUT2D eigenvalue weighted by atomic mass is 16.6. The molecule has 0 amide bonds. The minimum absolute atomic E-state index is 0.305. The molecule has 2 rings (SSSR count). The monoisotopic (exact) mass is 219 g/mol. The molecular weight excluding hydrogens is 210 g/mol. The van der Waals surface area contributed by atoms with Gasteiger partial charge in [0.05, 0.1) is 11.7 Å². The molecule has 0 saturated heterocycles. The second-order valence-electron chi connectivity index (χ2n) is 3.20. The van der Waals surface area contributed by atoms with Gasteiger partial charge in [0.1, 0.15) is 12.7 Å². The summed E-state index contributed by atoms with van der Waals surface area (Å²) in [5.74, 6) is -1.26. The van der Waals surface area contributed by atoms with Gasteiger partial charge in [-0.1, -0.05) is 12.1 Å². The lowest BCUT2D eigenvalue weighted by Crippen LogP contribution is -2.20. The van der Waals surface area contributed by atoms with Gasteiger partial charge in [-0.3, -0.25) is 4.79 Å². The molecule has 0 fully saturated rings. The number of rotatable bonds is 2. The van der Waals surface area contributed by atoms with Crippen LogP contribution in [0.25, 0.3) is 10.9 Å². The van der Waals surface area contributed by atoms with E-state index >= 15 is 0 Å². The number of fused-ring (bicyclic) bond motifs is 1. The summed E-state index contributed by atoms with van der Waals surface area (Å²) in [4.78, 5) is 27.6. The molecule has 1 aromatic heterocycles. The van der Waals surface area contributed by atoms with Crippen molar-refractivity contribution >= 4 is 16.9 Å². The Kier molecular flexibility index (Phi) is 2.36. The van der Waals surface area contributed by atoms with Gasteiger partial charge in [0, 0.05) is 5.39 Å². The first kappa shape index (κ1) is 10.2. The summed E-state index contributed by atoms with van der Waals surface area (Å²) in [6.45, 7) is 0. The number of aromatic carboxylic acids is 1. The normalized spacial score (nSPS) is 10.3. The predicted octanol–water partition coefficient (Wildman–Crippen LogP) is 0.758. The Balaban J connectivity index is 2.94. The van der Waals surface area contributed by atoms with Gasteiger partial charge in [-0.05, 0) is 12.1 Å². The first-order valence-electron chi connectivity index (χ1n) is 4.57. The van der Waals surface area contributed by atoms with Crippen LogP contribution in [-0.2, 0) is 0 Å². The third-order valence-corrected chi connectivity index (χ3v) is 2.30. The van der Waals surface area contributed by atoms with Gasteiger partial charge >= 0.3 is 5.97 Å². The van der Waals surface area contributed by atoms with Gasteiger partial charge in [-0.15, -0.1) is 0 Å². The molecule has 0 spiro atoms. The van der Waals surface area contributed by atoms with Gasteiger partial charge in [0.2, 0.25) is 5.43 Å². The zero-order valence-electron chi connectivity index (χ0n) is 8.51. The Labute approximate surface area is 90.5 Å². The zero-order chi connectivity index (χ0) is 11.7. The van der Waals surface area contributed by atoms with E-state index in [0.29, 0.717) is 10.9 Å². The third kappa shape index (κ3) is 1.42. The largest absolute Gasteiger partial charge is 0.477 e. The van der Waals surface area contributed by atoms with Crippen molar-refractivity contribution in [3.63, 3.8) is 0 Å². The Morgan fingerprint density at radius 3 is 2.69 bits per heavy atom. The lowest BCUT2D eigenvalue weighted by atomic mass is 10.1. The maximum absolute atomic E-state index is 11.8. The molecule has 0 radical (unpaired) electrons. The van der Waals surface area contributed by atoms with Crippen LogP contribution in [0.1, 0.15) is 10.4 Å². The average molecular weight is 219 g/mol. The van der Waals surface area contributed by atoms with Gasteiger partial charge in [0.15, 0.2) is 0 Å². The van der Waals surface area contributed by atoms with Crippen LogP contribution in [-0.4, -0.2) is 22.9 Å². The van der Waals surface area contributed by atoms with Crippen molar-refractivity contribution in [1.82, 2.24) is 4.73 Å². The van der Waals surface area contributed by atoms with E-state index in [4.69, 9.17) is 9.94 Å². The fourth-order valence-electron chi connectivity index (χ4n) is 1.55. The van der Waals surface area contributed by atoms with E-state index in [1.807, 2.05) is 0 Å². The summed E-state index contributed by atoms with van der Waals surface area (Å²) in [6.07, 6.45) is 1.17. The molecule has 82 valence electrons. The minimum atomic E-state index is -1.26. The van der Waals surface area contributed by atoms with Crippen molar-refractivity contribution in [2.75, 3.05) is 7.11 Å². The SMILES string of the molecule is COn1cc(C(=O)O)c(=O)c2ccccc21. The molecule has 0 saturated carbocycles. The van der Waals surface area contributed by atoms with Crippen molar-refractivity contribution in [2.24, 2.45) is 0 Å². The number of benzene rings is 1. The number of carboxylic acids is 1. The van der Waals surface area contributed by atoms with Gasteiger partial charge < -0.3 is 9.94 Å². The molecule has 0 aliphatic rings. The first-order chi connectivity index (χ1) is 7.65. The topological polar surface area (TPSA) is 68.5 Å². The number of aromatic nitrogens is 1. The van der Waals surface area contributed by atoms with Crippen LogP contribution >= 0.6 is 0 Å². The van der Waals surface area contributed by atoms with Crippen LogP contribution in [0.2, 0.25) is 0 Å². The van der Waals surface area contributed by atoms with Crippen molar-refractivity contribution in [3.8, 4) is 0 Å². The van der Waals surface area contributed by atoms with Gasteiger partial charge in [-0.2, -0.15) is 4.73 Å². The highest BCUT2D eigenvalue weighted by Crippen LogP contribution is 2.10. The van der Waals surface area contributed by atoms with Crippen molar-refractivity contribution < 1.29 is 14.7 Å². The molecule has 0 bridgehead atoms. The highest BCUT2D eigenvalue weighted by Gasteiger charge is 2.13. The molecule has 2 aromatic rings. The summed E-state index contributed by atoms with van der Waals surface area (Å²) in [6, 6.07) is 6.68. The highest BCUT2D eigenvalue weighted by molar-refractivity contribution is 5.92. The summed E-state index contributed by atoms with van der Waals surface area (Å²) >= 11 is 0. The lowest BCUT2D eigenvalue weighted by Gasteiger charge is -2.09. The van der Waals surface area contributed by atoms with Crippen molar-refractivity contribution in [2.45, 2.75) is 0 Å². The molecule has 1 heterocycles. The number of hydrogen-bond donors (Lipinski definition) is 1. The van der Waals surface area contributed by atoms with E-state index in [1.165, 1.54) is 18.0 Å². The Morgan fingerprint density at radius 2 is 2.06 bits per heavy atom. The maximum atomic E-state index is 11.8. The molecule has 0 aliphatic carbocycles. The minimum Gasteiger partial charge on any atom is -0.477 e. The number of hydrogen-bond acceptors (Lipinski definition) is 3. The zero-order valence-corrected chi connectivity index (χ0v) is 8.51. The second kappa shape index (κ2) is 3.69. The molecule has 0 aliphatic heterocycles. The number of carbonyl (C=O) groups is 1. The smallest absolute Gasteiger partial charge is 0.341 e. The van der Waals surface area contributed by atoms with Crippen molar-refractivity contribution in [1.29, 1.82) is 0 Å². The Hall–Kier alpha value is -2.30. The van der Waals surface area contributed by atoms with Crippen LogP contribution in [0.3, 0.4) is 0 Å².